The van der Waals surface area contributed by atoms with Gasteiger partial charge in [0.1, 0.15) is 0 Å². The van der Waals surface area contributed by atoms with E-state index in [-0.39, 0.29) is 5.91 Å². The fraction of sp³-hybridized carbons (Fsp3) is 0.385. The number of carbonyl (C=O) groups excluding carboxylic acids is 1. The van der Waals surface area contributed by atoms with Crippen LogP contribution in [0.2, 0.25) is 0 Å². The third-order valence-corrected chi connectivity index (χ3v) is 3.56. The number of H-pyrrole nitrogens is 1. The molecule has 1 aromatic carbocycles. The summed E-state index contributed by atoms with van der Waals surface area (Å²) in [7, 11) is 0. The van der Waals surface area contributed by atoms with Crippen LogP contribution in [0.5, 0.6) is 0 Å². The highest BCUT2D eigenvalue weighted by atomic mass is 32.1. The second-order valence-electron chi connectivity index (χ2n) is 5.23. The van der Waals surface area contributed by atoms with Crippen molar-refractivity contribution >= 4 is 29.2 Å². The lowest BCUT2D eigenvalue weighted by Crippen LogP contribution is -2.35. The average molecular weight is 263 g/mol. The van der Waals surface area contributed by atoms with Crippen LogP contribution in [-0.4, -0.2) is 15.5 Å². The predicted octanol–water partition coefficient (Wildman–Crippen LogP) is 2.52. The average Bonchev–Trinajstić information content (AvgIpc) is 2.57. The quantitative estimate of drug-likeness (QED) is 0.836. The monoisotopic (exact) mass is 263 g/mol. The molecule has 0 radical (unpaired) electrons. The summed E-state index contributed by atoms with van der Waals surface area (Å²) in [4.78, 5) is 14.6. The lowest BCUT2D eigenvalue weighted by Gasteiger charge is -2.21. The number of aryl methyl sites for hydroxylation is 1. The highest BCUT2D eigenvalue weighted by Gasteiger charge is 2.26. The number of aromatic nitrogens is 2. The highest BCUT2D eigenvalue weighted by molar-refractivity contribution is 7.71. The molecule has 18 heavy (non-hydrogen) atoms. The van der Waals surface area contributed by atoms with Gasteiger partial charge in [-0.15, -0.1) is 0 Å². The van der Waals surface area contributed by atoms with Gasteiger partial charge in [-0.25, -0.2) is 0 Å². The van der Waals surface area contributed by atoms with Crippen LogP contribution in [-0.2, 0) is 11.3 Å². The number of nitrogens with two attached hydrogens (primary N) is 1. The van der Waals surface area contributed by atoms with E-state index in [1.54, 1.807) is 0 Å². The molecule has 4 nitrogen and oxygen atoms in total. The van der Waals surface area contributed by atoms with E-state index in [1.165, 1.54) is 0 Å². The molecule has 0 spiro atoms. The molecule has 5 heteroatoms. The Balaban J connectivity index is 2.59. The second-order valence-corrected chi connectivity index (χ2v) is 5.62. The molecule has 0 bridgehead atoms. The number of imidazole rings is 1. The maximum absolute atomic E-state index is 11.4. The molecule has 0 unspecified atom stereocenters. The van der Waals surface area contributed by atoms with Crippen molar-refractivity contribution in [1.82, 2.24) is 9.55 Å². The van der Waals surface area contributed by atoms with Gasteiger partial charge in [0.25, 0.3) is 0 Å². The topological polar surface area (TPSA) is 63.8 Å². The zero-order chi connectivity index (χ0) is 13.5. The summed E-state index contributed by atoms with van der Waals surface area (Å²) < 4.78 is 2.55. The molecule has 0 aliphatic carbocycles. The smallest absolute Gasteiger partial charge is 0.224 e. The standard InChI is InChI=1S/C13H17N3OS/c1-8-5-4-6-9-10(8)15-12(18)16(9)7-13(2,3)11(14)17/h4-6H,7H2,1-3H3,(H2,14,17)(H,15,18). The maximum Gasteiger partial charge on any atom is 0.224 e. The van der Waals surface area contributed by atoms with Crippen LogP contribution in [0.15, 0.2) is 18.2 Å². The second kappa shape index (κ2) is 4.24. The van der Waals surface area contributed by atoms with Crippen LogP contribution in [0.3, 0.4) is 0 Å². The van der Waals surface area contributed by atoms with E-state index in [9.17, 15) is 4.79 Å². The molecule has 0 atom stereocenters. The number of benzene rings is 1. The largest absolute Gasteiger partial charge is 0.369 e. The van der Waals surface area contributed by atoms with Crippen LogP contribution in [0.4, 0.5) is 0 Å². The molecule has 1 aromatic heterocycles. The number of aromatic amines is 1. The number of amides is 1. The van der Waals surface area contributed by atoms with Crippen molar-refractivity contribution in [3.05, 3.63) is 28.5 Å². The number of fused-ring (bicyclic) bond motifs is 1. The minimum absolute atomic E-state index is 0.327. The first-order valence-corrected chi connectivity index (χ1v) is 6.22. The molecular weight excluding hydrogens is 246 g/mol. The van der Waals surface area contributed by atoms with E-state index in [2.05, 4.69) is 4.98 Å². The first kappa shape index (κ1) is 12.8. The number of para-hydroxylation sites is 1. The van der Waals surface area contributed by atoms with E-state index >= 15 is 0 Å². The van der Waals surface area contributed by atoms with Crippen molar-refractivity contribution in [2.75, 3.05) is 0 Å². The Hall–Kier alpha value is -1.62. The number of nitrogens with one attached hydrogen (secondary N) is 1. The summed E-state index contributed by atoms with van der Waals surface area (Å²) in [5.41, 5.74) is 7.95. The Kier molecular flexibility index (Phi) is 3.02. The SMILES string of the molecule is Cc1cccc2c1[nH]c(=S)n2CC(C)(C)C(N)=O. The van der Waals surface area contributed by atoms with Crippen molar-refractivity contribution in [2.45, 2.75) is 27.3 Å². The van der Waals surface area contributed by atoms with Gasteiger partial charge in [0.15, 0.2) is 4.77 Å². The van der Waals surface area contributed by atoms with E-state index in [0.717, 1.165) is 16.6 Å². The van der Waals surface area contributed by atoms with Gasteiger partial charge in [0.05, 0.1) is 16.4 Å². The Morgan fingerprint density at radius 2 is 2.17 bits per heavy atom. The van der Waals surface area contributed by atoms with Gasteiger partial charge in [-0.3, -0.25) is 4.79 Å². The number of nitrogens with zero attached hydrogens (tertiary/aromatic N) is 1. The number of carbonyl (C=O) groups is 1. The molecule has 0 aliphatic heterocycles. The van der Waals surface area contributed by atoms with E-state index in [4.69, 9.17) is 18.0 Å². The molecule has 2 rings (SSSR count). The molecule has 3 N–H and O–H groups in total. The van der Waals surface area contributed by atoms with Gasteiger partial charge in [0, 0.05) is 6.54 Å². The predicted molar refractivity (Wildman–Crippen MR) is 74.8 cm³/mol. The number of hydrogen-bond acceptors (Lipinski definition) is 2. The zero-order valence-electron chi connectivity index (χ0n) is 10.8. The van der Waals surface area contributed by atoms with Crippen molar-refractivity contribution in [3.8, 4) is 0 Å². The molecule has 96 valence electrons. The van der Waals surface area contributed by atoms with Gasteiger partial charge in [-0.05, 0) is 44.6 Å². The fourth-order valence-corrected chi connectivity index (χ4v) is 2.22. The van der Waals surface area contributed by atoms with E-state index < -0.39 is 5.41 Å². The first-order valence-electron chi connectivity index (χ1n) is 5.81. The molecule has 0 saturated heterocycles. The van der Waals surface area contributed by atoms with Crippen molar-refractivity contribution in [3.63, 3.8) is 0 Å². The molecule has 1 amide bonds. The zero-order valence-corrected chi connectivity index (χ0v) is 11.6. The van der Waals surface area contributed by atoms with Crippen molar-refractivity contribution in [1.29, 1.82) is 0 Å². The van der Waals surface area contributed by atoms with Crippen LogP contribution in [0, 0.1) is 17.1 Å². The molecule has 0 fully saturated rings. The van der Waals surface area contributed by atoms with Gasteiger partial charge >= 0.3 is 0 Å². The highest BCUT2D eigenvalue weighted by Crippen LogP contribution is 2.23. The minimum Gasteiger partial charge on any atom is -0.369 e. The molecule has 0 aliphatic rings. The Labute approximate surface area is 111 Å². The van der Waals surface area contributed by atoms with Crippen LogP contribution < -0.4 is 5.73 Å². The summed E-state index contributed by atoms with van der Waals surface area (Å²) in [6.45, 7) is 6.15. The molecule has 1 heterocycles. The Morgan fingerprint density at radius 1 is 1.50 bits per heavy atom. The van der Waals surface area contributed by atoms with Crippen LogP contribution in [0.1, 0.15) is 19.4 Å². The van der Waals surface area contributed by atoms with Gasteiger partial charge in [-0.2, -0.15) is 0 Å². The molecule has 0 saturated carbocycles. The number of primary amides is 1. The lowest BCUT2D eigenvalue weighted by molar-refractivity contribution is -0.126. The summed E-state index contributed by atoms with van der Waals surface area (Å²) >= 11 is 5.32. The van der Waals surface area contributed by atoms with Gasteiger partial charge in [0.2, 0.25) is 5.91 Å². The molecular formula is C13H17N3OS. The maximum atomic E-state index is 11.4. The Bertz CT molecular complexity index is 666. The number of hydrogen-bond donors (Lipinski definition) is 2. The summed E-state index contributed by atoms with van der Waals surface area (Å²) in [6.07, 6.45) is 0. The first-order chi connectivity index (χ1) is 8.33. The summed E-state index contributed by atoms with van der Waals surface area (Å²) in [6, 6.07) is 6.00. The normalized spacial score (nSPS) is 11.9. The van der Waals surface area contributed by atoms with Gasteiger partial charge < -0.3 is 15.3 Å². The minimum atomic E-state index is -0.628. The van der Waals surface area contributed by atoms with Crippen LogP contribution >= 0.6 is 12.2 Å². The Morgan fingerprint density at radius 3 is 2.78 bits per heavy atom. The lowest BCUT2D eigenvalue weighted by atomic mass is 9.92. The van der Waals surface area contributed by atoms with Gasteiger partial charge in [-0.1, -0.05) is 12.1 Å². The van der Waals surface area contributed by atoms with E-state index in [1.807, 2.05) is 43.5 Å². The fourth-order valence-electron chi connectivity index (χ4n) is 1.95. The van der Waals surface area contributed by atoms with Crippen molar-refractivity contribution in [2.24, 2.45) is 11.1 Å². The van der Waals surface area contributed by atoms with Crippen molar-refractivity contribution < 1.29 is 4.79 Å². The summed E-state index contributed by atoms with van der Waals surface area (Å²) in [5, 5.41) is 0. The summed E-state index contributed by atoms with van der Waals surface area (Å²) in [5.74, 6) is -0.327. The van der Waals surface area contributed by atoms with Crippen LogP contribution in [0.25, 0.3) is 11.0 Å². The molecule has 2 aromatic rings. The van der Waals surface area contributed by atoms with E-state index in [0.29, 0.717) is 11.3 Å². The number of rotatable bonds is 3. The third-order valence-electron chi connectivity index (χ3n) is 3.24. The third kappa shape index (κ3) is 2.06.